The Bertz CT molecular complexity index is 495. The van der Waals surface area contributed by atoms with E-state index in [1.165, 1.54) is 14.2 Å². The summed E-state index contributed by atoms with van der Waals surface area (Å²) in [6.07, 6.45) is 1.16. The summed E-state index contributed by atoms with van der Waals surface area (Å²) in [5.41, 5.74) is 0. The monoisotopic (exact) mass is 482 g/mol. The Balaban J connectivity index is 5.59. The number of carbonyl (C=O) groups excluding carboxylic acids is 2. The predicted octanol–water partition coefficient (Wildman–Crippen LogP) is 4.61. The second-order valence-corrected chi connectivity index (χ2v) is 27.2. The van der Waals surface area contributed by atoms with E-state index >= 15 is 0 Å². The Morgan fingerprint density at radius 2 is 1.14 bits per heavy atom. The minimum Gasteiger partial charge on any atom is -0.469 e. The first-order valence-electron chi connectivity index (χ1n) is 10.2. The zero-order valence-corrected chi connectivity index (χ0v) is 24.3. The van der Waals surface area contributed by atoms with Crippen molar-refractivity contribution in [1.29, 1.82) is 0 Å². The molecule has 0 aliphatic heterocycles. The SMILES string of the molecule is COC(=O)CC(CCC[Si](O[Si](C)(C)C)(O[Si](C)(C)C)O[Si](C)(C)C)C(=O)OC. The van der Waals surface area contributed by atoms with Crippen LogP contribution in [0.2, 0.25) is 65.0 Å². The summed E-state index contributed by atoms with van der Waals surface area (Å²) >= 11 is 0. The Hall–Kier alpha value is -0.312. The average molecular weight is 483 g/mol. The highest BCUT2D eigenvalue weighted by Gasteiger charge is 2.49. The van der Waals surface area contributed by atoms with Gasteiger partial charge in [-0.15, -0.1) is 0 Å². The topological polar surface area (TPSA) is 80.3 Å². The Morgan fingerprint density at radius 3 is 1.45 bits per heavy atom. The van der Waals surface area contributed by atoms with E-state index in [0.717, 1.165) is 0 Å². The summed E-state index contributed by atoms with van der Waals surface area (Å²) < 4.78 is 29.5. The van der Waals surface area contributed by atoms with E-state index in [2.05, 4.69) is 58.9 Å². The van der Waals surface area contributed by atoms with Gasteiger partial charge < -0.3 is 21.8 Å². The molecule has 1 unspecified atom stereocenters. The first kappa shape index (κ1) is 28.7. The van der Waals surface area contributed by atoms with Crippen LogP contribution in [0.15, 0.2) is 0 Å². The number of rotatable bonds is 13. The van der Waals surface area contributed by atoms with E-state index in [1.807, 2.05) is 0 Å². The van der Waals surface area contributed by atoms with Crippen molar-refractivity contribution in [2.24, 2.45) is 5.92 Å². The summed E-state index contributed by atoms with van der Waals surface area (Å²) in [5.74, 6) is -1.35. The summed E-state index contributed by atoms with van der Waals surface area (Å²) in [4.78, 5) is 23.8. The maximum absolute atomic E-state index is 12.1. The molecular weight excluding hydrogens is 441 g/mol. The third-order valence-corrected chi connectivity index (χ3v) is 15.6. The second-order valence-electron chi connectivity index (χ2n) is 10.2. The zero-order valence-electron chi connectivity index (χ0n) is 20.3. The van der Waals surface area contributed by atoms with Crippen molar-refractivity contribution in [3.63, 3.8) is 0 Å². The van der Waals surface area contributed by atoms with Crippen molar-refractivity contribution >= 4 is 45.7 Å². The van der Waals surface area contributed by atoms with Gasteiger partial charge in [0.2, 0.25) is 0 Å². The highest BCUT2D eigenvalue weighted by atomic mass is 28.5. The fourth-order valence-corrected chi connectivity index (χ4v) is 17.6. The molecule has 0 saturated carbocycles. The molecule has 0 aromatic rings. The van der Waals surface area contributed by atoms with Crippen molar-refractivity contribution in [2.45, 2.75) is 84.2 Å². The minimum atomic E-state index is -2.94. The lowest BCUT2D eigenvalue weighted by molar-refractivity contribution is -0.152. The van der Waals surface area contributed by atoms with Gasteiger partial charge in [0.15, 0.2) is 25.0 Å². The van der Waals surface area contributed by atoms with Crippen molar-refractivity contribution in [2.75, 3.05) is 14.2 Å². The molecule has 0 heterocycles. The number of carbonyl (C=O) groups is 2. The van der Waals surface area contributed by atoms with Crippen molar-refractivity contribution in [3.8, 4) is 0 Å². The van der Waals surface area contributed by atoms with Crippen molar-refractivity contribution in [3.05, 3.63) is 0 Å². The summed E-state index contributed by atoms with van der Waals surface area (Å²) in [6, 6.07) is 0.625. The molecule has 0 N–H and O–H groups in total. The Morgan fingerprint density at radius 1 is 0.724 bits per heavy atom. The molecule has 7 nitrogen and oxygen atoms in total. The van der Waals surface area contributed by atoms with Gasteiger partial charge >= 0.3 is 20.7 Å². The fourth-order valence-electron chi connectivity index (χ4n) is 2.93. The average Bonchev–Trinajstić information content (AvgIpc) is 2.47. The third kappa shape index (κ3) is 13.6. The molecular formula is C18H42O7Si4. The Kier molecular flexibility index (Phi) is 11.2. The van der Waals surface area contributed by atoms with Crippen LogP contribution in [-0.2, 0) is 31.4 Å². The number of esters is 2. The molecule has 0 aromatic carbocycles. The van der Waals surface area contributed by atoms with E-state index in [0.29, 0.717) is 18.9 Å². The van der Waals surface area contributed by atoms with Crippen LogP contribution < -0.4 is 0 Å². The molecule has 0 rings (SSSR count). The lowest BCUT2D eigenvalue weighted by Crippen LogP contribution is -2.60. The molecule has 29 heavy (non-hydrogen) atoms. The minimum absolute atomic E-state index is 0.0103. The number of ether oxygens (including phenoxy) is 2. The Labute approximate surface area is 181 Å². The van der Waals surface area contributed by atoms with Crippen LogP contribution in [0, 0.1) is 5.92 Å². The van der Waals surface area contributed by atoms with Crippen LogP contribution in [-0.4, -0.2) is 59.9 Å². The molecule has 11 heteroatoms. The molecule has 0 aliphatic rings. The van der Waals surface area contributed by atoms with Gasteiger partial charge in [-0.05, 0) is 71.8 Å². The molecule has 0 fully saturated rings. The summed E-state index contributed by atoms with van der Waals surface area (Å²) in [7, 11) is -6.11. The number of hydrogen-bond acceptors (Lipinski definition) is 7. The molecule has 0 aromatic heterocycles. The van der Waals surface area contributed by atoms with E-state index in [1.54, 1.807) is 0 Å². The summed E-state index contributed by atoms with van der Waals surface area (Å²) in [6.45, 7) is 19.3. The van der Waals surface area contributed by atoms with Crippen LogP contribution >= 0.6 is 0 Å². The van der Waals surface area contributed by atoms with E-state index in [4.69, 9.17) is 21.8 Å². The normalized spacial score (nSPS) is 14.4. The van der Waals surface area contributed by atoms with Crippen LogP contribution in [0.4, 0.5) is 0 Å². The quantitative estimate of drug-likeness (QED) is 0.280. The molecule has 172 valence electrons. The van der Waals surface area contributed by atoms with Crippen molar-refractivity contribution < 1.29 is 31.4 Å². The van der Waals surface area contributed by atoms with Crippen molar-refractivity contribution in [1.82, 2.24) is 0 Å². The van der Waals surface area contributed by atoms with Gasteiger partial charge in [-0.3, -0.25) is 9.59 Å². The van der Waals surface area contributed by atoms with Gasteiger partial charge in [0.1, 0.15) is 0 Å². The maximum Gasteiger partial charge on any atom is 0.469 e. The van der Waals surface area contributed by atoms with Gasteiger partial charge in [-0.2, -0.15) is 0 Å². The van der Waals surface area contributed by atoms with Crippen LogP contribution in [0.5, 0.6) is 0 Å². The predicted molar refractivity (Wildman–Crippen MR) is 125 cm³/mol. The molecule has 0 bridgehead atoms. The van der Waals surface area contributed by atoms with Gasteiger partial charge in [-0.25, -0.2) is 0 Å². The summed E-state index contributed by atoms with van der Waals surface area (Å²) in [5, 5.41) is 0. The largest absolute Gasteiger partial charge is 0.469 e. The molecule has 0 aliphatic carbocycles. The van der Waals surface area contributed by atoms with Gasteiger partial charge in [0, 0.05) is 6.04 Å². The first-order chi connectivity index (χ1) is 12.9. The standard InChI is InChI=1S/C18H42O7Si4/c1-21-17(19)15-16(18(20)22-2)13-12-14-29(23-26(3,4)5,24-27(6,7)8)25-28(9,10)11/h16H,12-15H2,1-11H3. The van der Waals surface area contributed by atoms with E-state index in [9.17, 15) is 9.59 Å². The van der Waals surface area contributed by atoms with E-state index < -0.39 is 51.6 Å². The van der Waals surface area contributed by atoms with Crippen LogP contribution in [0.25, 0.3) is 0 Å². The fraction of sp³-hybridized carbons (Fsp3) is 0.889. The first-order valence-corrected chi connectivity index (χ1v) is 22.3. The second kappa shape index (κ2) is 11.3. The highest BCUT2D eigenvalue weighted by molar-refractivity contribution is 6.90. The van der Waals surface area contributed by atoms with Gasteiger partial charge in [0.05, 0.1) is 26.6 Å². The third-order valence-electron chi connectivity index (χ3n) is 3.60. The lowest BCUT2D eigenvalue weighted by Gasteiger charge is -2.43. The number of methoxy groups -OCH3 is 2. The van der Waals surface area contributed by atoms with Crippen LogP contribution in [0.1, 0.15) is 19.3 Å². The van der Waals surface area contributed by atoms with Gasteiger partial charge in [0.25, 0.3) is 0 Å². The lowest BCUT2D eigenvalue weighted by atomic mass is 10.0. The van der Waals surface area contributed by atoms with Gasteiger partial charge in [-0.1, -0.05) is 0 Å². The smallest absolute Gasteiger partial charge is 0.469 e. The highest BCUT2D eigenvalue weighted by Crippen LogP contribution is 2.31. The molecule has 0 saturated heterocycles. The molecule has 0 spiro atoms. The maximum atomic E-state index is 12.1. The molecule has 1 atom stereocenters. The molecule has 0 amide bonds. The number of hydrogen-bond donors (Lipinski definition) is 0. The van der Waals surface area contributed by atoms with Crippen LogP contribution in [0.3, 0.4) is 0 Å². The van der Waals surface area contributed by atoms with E-state index in [-0.39, 0.29) is 6.42 Å². The molecule has 0 radical (unpaired) electrons. The zero-order chi connectivity index (χ0) is 23.1.